The zero-order valence-corrected chi connectivity index (χ0v) is 8.04. The molecular weight excluding hydrogens is 209 g/mol. The summed E-state index contributed by atoms with van der Waals surface area (Å²) in [6, 6.07) is 2.64. The van der Waals surface area contributed by atoms with Crippen molar-refractivity contribution in [2.45, 2.75) is 25.6 Å². The lowest BCUT2D eigenvalue weighted by atomic mass is 10.0. The minimum Gasteiger partial charge on any atom is -0.508 e. The van der Waals surface area contributed by atoms with Gasteiger partial charge in [-0.15, -0.1) is 0 Å². The first-order valence-corrected chi connectivity index (χ1v) is 4.38. The van der Waals surface area contributed by atoms with E-state index in [0.717, 1.165) is 18.2 Å². The van der Waals surface area contributed by atoms with E-state index in [-0.39, 0.29) is 17.7 Å². The van der Waals surface area contributed by atoms with Crippen molar-refractivity contribution in [3.8, 4) is 5.75 Å². The second kappa shape index (κ2) is 4.10. The van der Waals surface area contributed by atoms with Gasteiger partial charge in [-0.3, -0.25) is 0 Å². The van der Waals surface area contributed by atoms with Crippen molar-refractivity contribution in [3.63, 3.8) is 0 Å². The summed E-state index contributed by atoms with van der Waals surface area (Å²) in [6.07, 6.45) is -5.23. The molecule has 0 fully saturated rings. The Labute approximate surface area is 85.0 Å². The molecule has 0 radical (unpaired) electrons. The first-order chi connectivity index (χ1) is 6.80. The van der Waals surface area contributed by atoms with Gasteiger partial charge in [0.25, 0.3) is 0 Å². The Kier molecular flexibility index (Phi) is 3.24. The molecule has 0 bridgehead atoms. The Bertz CT molecular complexity index is 345. The maximum Gasteiger partial charge on any atom is 0.416 e. The van der Waals surface area contributed by atoms with Gasteiger partial charge in [0, 0.05) is 6.42 Å². The number of phenolic OH excluding ortho intramolecular Hbond substituents is 1. The molecule has 15 heavy (non-hydrogen) atoms. The molecule has 0 aliphatic rings. The highest BCUT2D eigenvalue weighted by Crippen LogP contribution is 2.32. The molecule has 0 heterocycles. The molecule has 84 valence electrons. The first kappa shape index (κ1) is 11.8. The van der Waals surface area contributed by atoms with Crippen molar-refractivity contribution in [2.75, 3.05) is 0 Å². The molecule has 0 amide bonds. The van der Waals surface area contributed by atoms with E-state index in [1.54, 1.807) is 0 Å². The van der Waals surface area contributed by atoms with Gasteiger partial charge in [-0.2, -0.15) is 13.2 Å². The van der Waals surface area contributed by atoms with Crippen LogP contribution in [-0.2, 0) is 12.6 Å². The monoisotopic (exact) mass is 220 g/mol. The summed E-state index contributed by atoms with van der Waals surface area (Å²) in [6.45, 7) is 1.44. The van der Waals surface area contributed by atoms with Gasteiger partial charge in [-0.25, -0.2) is 0 Å². The maximum atomic E-state index is 12.3. The predicted octanol–water partition coefficient (Wildman–Crippen LogP) is 2.33. The standard InChI is InChI=1S/C10H11F3O2/c1-6(14)4-7-5-8(10(11,12)13)2-3-9(7)15/h2-3,5-6,14-15H,4H2,1H3. The van der Waals surface area contributed by atoms with E-state index in [2.05, 4.69) is 0 Å². The average Bonchev–Trinajstić information content (AvgIpc) is 2.06. The number of benzene rings is 1. The van der Waals surface area contributed by atoms with Crippen LogP contribution in [0.15, 0.2) is 18.2 Å². The number of phenols is 1. The molecule has 0 spiro atoms. The van der Waals surface area contributed by atoms with Gasteiger partial charge < -0.3 is 10.2 Å². The van der Waals surface area contributed by atoms with Crippen LogP contribution in [0.3, 0.4) is 0 Å². The normalized spacial score (nSPS) is 13.9. The van der Waals surface area contributed by atoms with Crippen LogP contribution in [0.4, 0.5) is 13.2 Å². The number of halogens is 3. The minimum absolute atomic E-state index is 0.00421. The van der Waals surface area contributed by atoms with Crippen LogP contribution in [0.1, 0.15) is 18.1 Å². The van der Waals surface area contributed by atoms with E-state index in [1.807, 2.05) is 0 Å². The number of aliphatic hydroxyl groups is 1. The Balaban J connectivity index is 3.06. The molecule has 1 aromatic rings. The van der Waals surface area contributed by atoms with Crippen LogP contribution in [0.2, 0.25) is 0 Å². The molecule has 2 N–H and O–H groups in total. The summed E-state index contributed by atoms with van der Waals surface area (Å²) in [5.74, 6) is -0.232. The van der Waals surface area contributed by atoms with Gasteiger partial charge >= 0.3 is 6.18 Å². The average molecular weight is 220 g/mol. The van der Waals surface area contributed by atoms with Crippen LogP contribution in [0, 0.1) is 0 Å². The van der Waals surface area contributed by atoms with Gasteiger partial charge in [0.05, 0.1) is 11.7 Å². The van der Waals surface area contributed by atoms with E-state index < -0.39 is 17.8 Å². The van der Waals surface area contributed by atoms with Crippen molar-refractivity contribution >= 4 is 0 Å². The molecule has 0 saturated carbocycles. The third-order valence-corrected chi connectivity index (χ3v) is 1.92. The summed E-state index contributed by atoms with van der Waals surface area (Å²) in [4.78, 5) is 0. The fourth-order valence-electron chi connectivity index (χ4n) is 1.24. The van der Waals surface area contributed by atoms with Gasteiger partial charge in [0.2, 0.25) is 0 Å². The maximum absolute atomic E-state index is 12.3. The lowest BCUT2D eigenvalue weighted by Crippen LogP contribution is -2.08. The molecule has 1 rings (SSSR count). The predicted molar refractivity (Wildman–Crippen MR) is 48.5 cm³/mol. The lowest BCUT2D eigenvalue weighted by molar-refractivity contribution is -0.137. The van der Waals surface area contributed by atoms with E-state index in [0.29, 0.717) is 0 Å². The number of hydrogen-bond donors (Lipinski definition) is 2. The molecule has 5 heteroatoms. The minimum atomic E-state index is -4.43. The highest BCUT2D eigenvalue weighted by Gasteiger charge is 2.31. The van der Waals surface area contributed by atoms with Gasteiger partial charge in [0.15, 0.2) is 0 Å². The number of hydrogen-bond acceptors (Lipinski definition) is 2. The Morgan fingerprint density at radius 3 is 2.40 bits per heavy atom. The summed E-state index contributed by atoms with van der Waals surface area (Å²) in [7, 11) is 0. The number of aliphatic hydroxyl groups excluding tert-OH is 1. The van der Waals surface area contributed by atoms with E-state index in [1.165, 1.54) is 6.92 Å². The first-order valence-electron chi connectivity index (χ1n) is 4.38. The van der Waals surface area contributed by atoms with Gasteiger partial charge in [-0.05, 0) is 30.7 Å². The second-order valence-corrected chi connectivity index (χ2v) is 3.39. The molecule has 1 unspecified atom stereocenters. The topological polar surface area (TPSA) is 40.5 Å². The molecule has 2 nitrogen and oxygen atoms in total. The van der Waals surface area contributed by atoms with Crippen LogP contribution in [0.5, 0.6) is 5.75 Å². The Hall–Kier alpha value is -1.23. The summed E-state index contributed by atoms with van der Waals surface area (Å²) >= 11 is 0. The van der Waals surface area contributed by atoms with Gasteiger partial charge in [0.1, 0.15) is 5.75 Å². The highest BCUT2D eigenvalue weighted by molar-refractivity contribution is 5.37. The van der Waals surface area contributed by atoms with E-state index in [4.69, 9.17) is 5.11 Å². The molecule has 0 aliphatic carbocycles. The van der Waals surface area contributed by atoms with Crippen molar-refractivity contribution in [1.82, 2.24) is 0 Å². The van der Waals surface area contributed by atoms with E-state index in [9.17, 15) is 18.3 Å². The van der Waals surface area contributed by atoms with Crippen molar-refractivity contribution in [1.29, 1.82) is 0 Å². The fourth-order valence-corrected chi connectivity index (χ4v) is 1.24. The molecule has 1 aromatic carbocycles. The van der Waals surface area contributed by atoms with Crippen LogP contribution in [-0.4, -0.2) is 16.3 Å². The zero-order valence-electron chi connectivity index (χ0n) is 8.04. The molecule has 0 aromatic heterocycles. The van der Waals surface area contributed by atoms with Crippen LogP contribution < -0.4 is 0 Å². The number of rotatable bonds is 2. The summed E-state index contributed by atoms with van der Waals surface area (Å²) in [5, 5.41) is 18.3. The molecule has 0 aliphatic heterocycles. The third-order valence-electron chi connectivity index (χ3n) is 1.92. The molecule has 1 atom stereocenters. The third kappa shape index (κ3) is 3.13. The lowest BCUT2D eigenvalue weighted by Gasteiger charge is -2.11. The smallest absolute Gasteiger partial charge is 0.416 e. The largest absolute Gasteiger partial charge is 0.508 e. The Morgan fingerprint density at radius 1 is 1.33 bits per heavy atom. The molecule has 0 saturated heterocycles. The Morgan fingerprint density at radius 2 is 1.93 bits per heavy atom. The highest BCUT2D eigenvalue weighted by atomic mass is 19.4. The summed E-state index contributed by atoms with van der Waals surface area (Å²) in [5.41, 5.74) is -0.726. The number of aromatic hydroxyl groups is 1. The van der Waals surface area contributed by atoms with Crippen molar-refractivity contribution in [3.05, 3.63) is 29.3 Å². The number of alkyl halides is 3. The second-order valence-electron chi connectivity index (χ2n) is 3.39. The zero-order chi connectivity index (χ0) is 11.6. The van der Waals surface area contributed by atoms with Crippen molar-refractivity contribution < 1.29 is 23.4 Å². The summed E-state index contributed by atoms with van der Waals surface area (Å²) < 4.78 is 36.9. The van der Waals surface area contributed by atoms with E-state index >= 15 is 0 Å². The van der Waals surface area contributed by atoms with Crippen LogP contribution in [0.25, 0.3) is 0 Å². The van der Waals surface area contributed by atoms with Crippen molar-refractivity contribution in [2.24, 2.45) is 0 Å². The van der Waals surface area contributed by atoms with Gasteiger partial charge in [-0.1, -0.05) is 0 Å². The fraction of sp³-hybridized carbons (Fsp3) is 0.400. The van der Waals surface area contributed by atoms with Crippen LogP contribution >= 0.6 is 0 Å². The molecular formula is C10H11F3O2. The quantitative estimate of drug-likeness (QED) is 0.803. The SMILES string of the molecule is CC(O)Cc1cc(C(F)(F)F)ccc1O.